The summed E-state index contributed by atoms with van der Waals surface area (Å²) in [7, 11) is 0. The van der Waals surface area contributed by atoms with E-state index in [2.05, 4.69) is 15.3 Å². The van der Waals surface area contributed by atoms with Gasteiger partial charge in [-0.1, -0.05) is 13.0 Å². The molecule has 0 radical (unpaired) electrons. The van der Waals surface area contributed by atoms with E-state index in [0.29, 0.717) is 24.7 Å². The molecule has 0 bridgehead atoms. The van der Waals surface area contributed by atoms with E-state index in [9.17, 15) is 0 Å². The van der Waals surface area contributed by atoms with Crippen molar-refractivity contribution >= 4 is 11.5 Å². The van der Waals surface area contributed by atoms with Crippen molar-refractivity contribution in [3.8, 4) is 5.88 Å². The molecule has 0 aliphatic rings. The van der Waals surface area contributed by atoms with E-state index >= 15 is 0 Å². The number of rotatable bonds is 6. The number of nitrogen functional groups attached to an aromatic ring is 1. The minimum absolute atomic E-state index is 0.484. The second-order valence-electron chi connectivity index (χ2n) is 4.15. The lowest BCUT2D eigenvalue weighted by Crippen LogP contribution is -2.05. The highest BCUT2D eigenvalue weighted by Gasteiger charge is 2.04. The minimum atomic E-state index is 0.484. The van der Waals surface area contributed by atoms with E-state index in [1.807, 2.05) is 31.3 Å². The summed E-state index contributed by atoms with van der Waals surface area (Å²) in [6.45, 7) is 3.32. The molecule has 2 rings (SSSR count). The number of nitrogens with two attached hydrogens (primary N) is 1. The molecule has 2 heterocycles. The zero-order chi connectivity index (χ0) is 13.5. The van der Waals surface area contributed by atoms with Gasteiger partial charge >= 0.3 is 0 Å². The molecule has 3 N–H and O–H groups in total. The van der Waals surface area contributed by atoms with E-state index in [0.717, 1.165) is 17.8 Å². The molecule has 5 heteroatoms. The SMILES string of the molecule is CCCOc1nc(NCc2cccnc2)ccc1N. The van der Waals surface area contributed by atoms with Gasteiger partial charge in [-0.15, -0.1) is 0 Å². The summed E-state index contributed by atoms with van der Waals surface area (Å²) < 4.78 is 5.49. The molecule has 100 valence electrons. The van der Waals surface area contributed by atoms with Crippen molar-refractivity contribution in [2.45, 2.75) is 19.9 Å². The average molecular weight is 258 g/mol. The van der Waals surface area contributed by atoms with Crippen LogP contribution in [0, 0.1) is 0 Å². The first-order valence-electron chi connectivity index (χ1n) is 6.31. The summed E-state index contributed by atoms with van der Waals surface area (Å²) in [5, 5.41) is 3.22. The van der Waals surface area contributed by atoms with Crippen LogP contribution in [0.25, 0.3) is 0 Å². The minimum Gasteiger partial charge on any atom is -0.476 e. The van der Waals surface area contributed by atoms with Gasteiger partial charge in [0.2, 0.25) is 5.88 Å². The molecule has 0 fully saturated rings. The van der Waals surface area contributed by atoms with Gasteiger partial charge in [-0.3, -0.25) is 4.98 Å². The van der Waals surface area contributed by atoms with Crippen LogP contribution >= 0.6 is 0 Å². The number of aromatic nitrogens is 2. The lowest BCUT2D eigenvalue weighted by Gasteiger charge is -2.10. The highest BCUT2D eigenvalue weighted by molar-refractivity contribution is 5.53. The monoisotopic (exact) mass is 258 g/mol. The van der Waals surface area contributed by atoms with E-state index in [1.54, 1.807) is 12.3 Å². The van der Waals surface area contributed by atoms with Crippen LogP contribution in [0.15, 0.2) is 36.7 Å². The van der Waals surface area contributed by atoms with E-state index in [1.165, 1.54) is 0 Å². The van der Waals surface area contributed by atoms with Crippen molar-refractivity contribution in [2.24, 2.45) is 0 Å². The van der Waals surface area contributed by atoms with Gasteiger partial charge in [0.1, 0.15) is 5.82 Å². The highest BCUT2D eigenvalue weighted by atomic mass is 16.5. The third-order valence-corrected chi connectivity index (χ3v) is 2.53. The quantitative estimate of drug-likeness (QED) is 0.832. The van der Waals surface area contributed by atoms with Crippen LogP contribution in [0.2, 0.25) is 0 Å². The zero-order valence-corrected chi connectivity index (χ0v) is 11.0. The summed E-state index contributed by atoms with van der Waals surface area (Å²) >= 11 is 0. The number of ether oxygens (including phenoxy) is 1. The van der Waals surface area contributed by atoms with E-state index in [-0.39, 0.29) is 0 Å². The van der Waals surface area contributed by atoms with Gasteiger partial charge in [-0.25, -0.2) is 0 Å². The predicted molar refractivity (Wildman–Crippen MR) is 76.0 cm³/mol. The highest BCUT2D eigenvalue weighted by Crippen LogP contribution is 2.21. The molecule has 0 unspecified atom stereocenters. The van der Waals surface area contributed by atoms with Gasteiger partial charge in [0.05, 0.1) is 12.3 Å². The van der Waals surface area contributed by atoms with E-state index in [4.69, 9.17) is 10.5 Å². The molecular formula is C14H18N4O. The van der Waals surface area contributed by atoms with Crippen LogP contribution in [-0.4, -0.2) is 16.6 Å². The van der Waals surface area contributed by atoms with Gasteiger partial charge < -0.3 is 15.8 Å². The number of pyridine rings is 2. The van der Waals surface area contributed by atoms with Crippen LogP contribution in [0.5, 0.6) is 5.88 Å². The number of nitrogens with one attached hydrogen (secondary N) is 1. The lowest BCUT2D eigenvalue weighted by atomic mass is 10.3. The van der Waals surface area contributed by atoms with Gasteiger partial charge in [-0.2, -0.15) is 4.98 Å². The largest absolute Gasteiger partial charge is 0.476 e. The first-order valence-corrected chi connectivity index (χ1v) is 6.31. The molecule has 5 nitrogen and oxygen atoms in total. The molecule has 0 atom stereocenters. The maximum atomic E-state index is 5.81. The first kappa shape index (κ1) is 13.1. The average Bonchev–Trinajstić information content (AvgIpc) is 2.46. The van der Waals surface area contributed by atoms with Crippen molar-refractivity contribution in [1.29, 1.82) is 0 Å². The zero-order valence-electron chi connectivity index (χ0n) is 11.0. The first-order chi connectivity index (χ1) is 9.29. The molecule has 0 amide bonds. The second-order valence-corrected chi connectivity index (χ2v) is 4.15. The fourth-order valence-corrected chi connectivity index (χ4v) is 1.56. The van der Waals surface area contributed by atoms with Crippen molar-refractivity contribution < 1.29 is 4.74 Å². The Hall–Kier alpha value is -2.30. The van der Waals surface area contributed by atoms with Crippen molar-refractivity contribution in [3.05, 3.63) is 42.2 Å². The Morgan fingerprint density at radius 2 is 2.21 bits per heavy atom. The maximum Gasteiger partial charge on any atom is 0.239 e. The molecular weight excluding hydrogens is 240 g/mol. The Kier molecular flexibility index (Phi) is 4.55. The smallest absolute Gasteiger partial charge is 0.239 e. The summed E-state index contributed by atoms with van der Waals surface area (Å²) in [5.74, 6) is 1.22. The normalized spacial score (nSPS) is 10.2. The van der Waals surface area contributed by atoms with Crippen molar-refractivity contribution in [1.82, 2.24) is 9.97 Å². The molecule has 0 aliphatic heterocycles. The van der Waals surface area contributed by atoms with Gasteiger partial charge in [0.15, 0.2) is 0 Å². The Bertz CT molecular complexity index is 516. The lowest BCUT2D eigenvalue weighted by molar-refractivity contribution is 0.307. The van der Waals surface area contributed by atoms with Crippen LogP contribution in [0.1, 0.15) is 18.9 Å². The Morgan fingerprint density at radius 1 is 1.32 bits per heavy atom. The molecule has 0 aliphatic carbocycles. The fourth-order valence-electron chi connectivity index (χ4n) is 1.56. The number of hydrogen-bond acceptors (Lipinski definition) is 5. The van der Waals surface area contributed by atoms with Crippen molar-refractivity contribution in [2.75, 3.05) is 17.7 Å². The summed E-state index contributed by atoms with van der Waals surface area (Å²) in [6.07, 6.45) is 4.49. The van der Waals surface area contributed by atoms with Crippen LogP contribution < -0.4 is 15.8 Å². The number of anilines is 2. The molecule has 19 heavy (non-hydrogen) atoms. The van der Waals surface area contributed by atoms with Gasteiger partial charge in [0.25, 0.3) is 0 Å². The molecule has 0 spiro atoms. The Labute approximate surface area is 112 Å². The Morgan fingerprint density at radius 3 is 2.95 bits per heavy atom. The molecule has 2 aromatic heterocycles. The summed E-state index contributed by atoms with van der Waals surface area (Å²) in [4.78, 5) is 8.41. The molecule has 0 aromatic carbocycles. The molecule has 2 aromatic rings. The molecule has 0 saturated heterocycles. The summed E-state index contributed by atoms with van der Waals surface area (Å²) in [6, 6.07) is 7.54. The number of nitrogens with zero attached hydrogens (tertiary/aromatic N) is 2. The third-order valence-electron chi connectivity index (χ3n) is 2.53. The van der Waals surface area contributed by atoms with E-state index < -0.39 is 0 Å². The van der Waals surface area contributed by atoms with Gasteiger partial charge in [0, 0.05) is 18.9 Å². The number of hydrogen-bond donors (Lipinski definition) is 2. The standard InChI is InChI=1S/C14H18N4O/c1-2-8-19-14-12(15)5-6-13(18-14)17-10-11-4-3-7-16-9-11/h3-7,9H,2,8,10,15H2,1H3,(H,17,18). The third kappa shape index (κ3) is 3.84. The topological polar surface area (TPSA) is 73.1 Å². The molecule has 0 saturated carbocycles. The predicted octanol–water partition coefficient (Wildman–Crippen LogP) is 2.46. The van der Waals surface area contributed by atoms with Crippen LogP contribution in [0.3, 0.4) is 0 Å². The summed E-state index contributed by atoms with van der Waals surface area (Å²) in [5.41, 5.74) is 7.46. The van der Waals surface area contributed by atoms with Gasteiger partial charge in [-0.05, 0) is 30.2 Å². The van der Waals surface area contributed by atoms with Crippen molar-refractivity contribution in [3.63, 3.8) is 0 Å². The Balaban J connectivity index is 2.00. The second kappa shape index (κ2) is 6.58. The fraction of sp³-hybridized carbons (Fsp3) is 0.286. The maximum absolute atomic E-state index is 5.81. The van der Waals surface area contributed by atoms with Crippen LogP contribution in [0.4, 0.5) is 11.5 Å². The van der Waals surface area contributed by atoms with Crippen LogP contribution in [-0.2, 0) is 6.54 Å².